The second-order valence-electron chi connectivity index (χ2n) is 5.66. The third-order valence-electron chi connectivity index (χ3n) is 3.68. The number of thiazole rings is 1. The minimum atomic E-state index is -3.40. The Bertz CT molecular complexity index is 875. The van der Waals surface area contributed by atoms with Crippen molar-refractivity contribution in [2.45, 2.75) is 12.8 Å². The van der Waals surface area contributed by atoms with Crippen molar-refractivity contribution in [3.8, 4) is 11.3 Å². The molecule has 9 heteroatoms. The zero-order chi connectivity index (χ0) is 17.3. The van der Waals surface area contributed by atoms with Crippen LogP contribution in [0.3, 0.4) is 0 Å². The van der Waals surface area contributed by atoms with E-state index >= 15 is 0 Å². The Hall–Kier alpha value is -1.81. The van der Waals surface area contributed by atoms with Gasteiger partial charge < -0.3 is 5.32 Å². The largest absolute Gasteiger partial charge is 0.326 e. The van der Waals surface area contributed by atoms with E-state index in [1.807, 2.05) is 23.6 Å². The molecule has 0 unspecified atom stereocenters. The summed E-state index contributed by atoms with van der Waals surface area (Å²) < 4.78 is 26.9. The van der Waals surface area contributed by atoms with Crippen LogP contribution in [-0.2, 0) is 27.8 Å². The smallest absolute Gasteiger partial charge is 0.278 e. The van der Waals surface area contributed by atoms with Gasteiger partial charge in [0.25, 0.3) is 10.2 Å². The molecule has 0 saturated heterocycles. The van der Waals surface area contributed by atoms with Crippen molar-refractivity contribution in [3.63, 3.8) is 0 Å². The number of aromatic nitrogens is 1. The first-order valence-corrected chi connectivity index (χ1v) is 9.72. The third kappa shape index (κ3) is 3.64. The Morgan fingerprint density at radius 1 is 1.38 bits per heavy atom. The van der Waals surface area contributed by atoms with Gasteiger partial charge in [0.15, 0.2) is 0 Å². The highest BCUT2D eigenvalue weighted by molar-refractivity contribution is 7.87. The number of nitrogens with zero attached hydrogens (tertiary/aromatic N) is 2. The van der Waals surface area contributed by atoms with Crippen molar-refractivity contribution in [1.29, 1.82) is 0 Å². The van der Waals surface area contributed by atoms with Crippen molar-refractivity contribution >= 4 is 33.1 Å². The molecule has 1 amide bonds. The molecule has 1 aliphatic rings. The third-order valence-corrected chi connectivity index (χ3v) is 6.12. The second-order valence-corrected chi connectivity index (χ2v) is 8.57. The second kappa shape index (κ2) is 6.60. The summed E-state index contributed by atoms with van der Waals surface area (Å²) in [7, 11) is -0.438. The first kappa shape index (κ1) is 17.0. The lowest BCUT2D eigenvalue weighted by Crippen LogP contribution is -2.36. The number of hydrogen-bond acceptors (Lipinski definition) is 5. The molecule has 2 heterocycles. The van der Waals surface area contributed by atoms with E-state index in [9.17, 15) is 13.2 Å². The molecule has 0 radical (unpaired) electrons. The number of rotatable bonds is 6. The van der Waals surface area contributed by atoms with Gasteiger partial charge in [-0.05, 0) is 17.7 Å². The Kier molecular flexibility index (Phi) is 4.68. The quantitative estimate of drug-likeness (QED) is 0.805. The van der Waals surface area contributed by atoms with E-state index in [1.54, 1.807) is 0 Å². The molecule has 1 aromatic carbocycles. The molecule has 2 aromatic rings. The number of nitrogens with one attached hydrogen (secondary N) is 2. The molecule has 0 bridgehead atoms. The van der Waals surface area contributed by atoms with Gasteiger partial charge in [0.2, 0.25) is 5.91 Å². The fourth-order valence-corrected chi connectivity index (χ4v) is 3.79. The van der Waals surface area contributed by atoms with Crippen molar-refractivity contribution in [3.05, 3.63) is 34.2 Å². The van der Waals surface area contributed by atoms with E-state index in [0.29, 0.717) is 19.4 Å². The molecule has 3 rings (SSSR count). The van der Waals surface area contributed by atoms with Crippen molar-refractivity contribution < 1.29 is 13.2 Å². The summed E-state index contributed by atoms with van der Waals surface area (Å²) in [5, 5.41) is 5.61. The minimum absolute atomic E-state index is 0.00860. The Morgan fingerprint density at radius 3 is 2.92 bits per heavy atom. The average molecular weight is 366 g/mol. The van der Waals surface area contributed by atoms with Crippen LogP contribution in [0.5, 0.6) is 0 Å². The molecule has 0 fully saturated rings. The van der Waals surface area contributed by atoms with E-state index in [1.165, 1.54) is 25.4 Å². The van der Waals surface area contributed by atoms with E-state index in [4.69, 9.17) is 0 Å². The van der Waals surface area contributed by atoms with Crippen LogP contribution in [0.1, 0.15) is 10.6 Å². The number of amides is 1. The molecule has 128 valence electrons. The van der Waals surface area contributed by atoms with Crippen LogP contribution in [-0.4, -0.2) is 44.3 Å². The van der Waals surface area contributed by atoms with Crippen molar-refractivity contribution in [2.75, 3.05) is 26.0 Å². The predicted molar refractivity (Wildman–Crippen MR) is 94.2 cm³/mol. The predicted octanol–water partition coefficient (Wildman–Crippen LogP) is 1.24. The molecular formula is C15H18N4O3S2. The summed E-state index contributed by atoms with van der Waals surface area (Å²) in [6.45, 7) is 0.302. The van der Waals surface area contributed by atoms with Gasteiger partial charge in [-0.2, -0.15) is 12.7 Å². The van der Waals surface area contributed by atoms with Gasteiger partial charge in [-0.15, -0.1) is 11.3 Å². The van der Waals surface area contributed by atoms with Crippen LogP contribution in [0.15, 0.2) is 23.6 Å². The number of carbonyl (C=O) groups is 1. The lowest BCUT2D eigenvalue weighted by Gasteiger charge is -2.11. The molecule has 0 spiro atoms. The van der Waals surface area contributed by atoms with Gasteiger partial charge in [0, 0.05) is 43.7 Å². The summed E-state index contributed by atoms with van der Waals surface area (Å²) in [5.74, 6) is 0.00860. The summed E-state index contributed by atoms with van der Waals surface area (Å²) >= 11 is 1.50. The molecule has 0 aliphatic carbocycles. The van der Waals surface area contributed by atoms with Gasteiger partial charge in [-0.3, -0.25) is 4.79 Å². The molecule has 1 aromatic heterocycles. The zero-order valence-corrected chi connectivity index (χ0v) is 15.0. The molecule has 2 N–H and O–H groups in total. The standard InChI is InChI=1S/C15H18N4O3S2/c1-19(2)24(21,22)16-6-5-15-18-13(9-23-15)10-3-4-12-11(7-10)8-14(20)17-12/h3-4,7,9,16H,5-6,8H2,1-2H3,(H,17,20). The maximum Gasteiger partial charge on any atom is 0.278 e. The number of benzene rings is 1. The molecule has 24 heavy (non-hydrogen) atoms. The van der Waals surface area contributed by atoms with E-state index in [-0.39, 0.29) is 5.91 Å². The van der Waals surface area contributed by atoms with Crippen molar-refractivity contribution in [1.82, 2.24) is 14.0 Å². The highest BCUT2D eigenvalue weighted by Crippen LogP contribution is 2.29. The first-order chi connectivity index (χ1) is 11.3. The fraction of sp³-hybridized carbons (Fsp3) is 0.333. The van der Waals surface area contributed by atoms with Crippen LogP contribution in [0, 0.1) is 0 Å². The molecule has 0 atom stereocenters. The topological polar surface area (TPSA) is 91.4 Å². The number of hydrogen-bond donors (Lipinski definition) is 2. The zero-order valence-electron chi connectivity index (χ0n) is 13.4. The molecule has 1 aliphatic heterocycles. The monoisotopic (exact) mass is 366 g/mol. The lowest BCUT2D eigenvalue weighted by molar-refractivity contribution is -0.115. The van der Waals surface area contributed by atoms with Crippen LogP contribution in [0.25, 0.3) is 11.3 Å². The Balaban J connectivity index is 1.66. The van der Waals surface area contributed by atoms with Gasteiger partial charge in [-0.25, -0.2) is 9.71 Å². The van der Waals surface area contributed by atoms with Crippen molar-refractivity contribution in [2.24, 2.45) is 0 Å². The van der Waals surface area contributed by atoms with Crippen LogP contribution in [0.2, 0.25) is 0 Å². The summed E-state index contributed by atoms with van der Waals surface area (Å²) in [5.41, 5.74) is 3.64. The summed E-state index contributed by atoms with van der Waals surface area (Å²) in [4.78, 5) is 16.0. The van der Waals surface area contributed by atoms with Crippen LogP contribution < -0.4 is 10.0 Å². The fourth-order valence-electron chi connectivity index (χ4n) is 2.36. The minimum Gasteiger partial charge on any atom is -0.326 e. The molecular weight excluding hydrogens is 348 g/mol. The van der Waals surface area contributed by atoms with Crippen LogP contribution in [0.4, 0.5) is 5.69 Å². The lowest BCUT2D eigenvalue weighted by atomic mass is 10.1. The van der Waals surface area contributed by atoms with Crippen LogP contribution >= 0.6 is 11.3 Å². The van der Waals surface area contributed by atoms with E-state index in [2.05, 4.69) is 15.0 Å². The molecule has 7 nitrogen and oxygen atoms in total. The van der Waals surface area contributed by atoms with Gasteiger partial charge in [0.05, 0.1) is 17.1 Å². The highest BCUT2D eigenvalue weighted by Gasteiger charge is 2.18. The maximum absolute atomic E-state index is 11.6. The SMILES string of the molecule is CN(C)S(=O)(=O)NCCc1nc(-c2ccc3c(c2)CC(=O)N3)cs1. The Morgan fingerprint density at radius 2 is 2.17 bits per heavy atom. The number of carbonyl (C=O) groups excluding carboxylic acids is 1. The number of fused-ring (bicyclic) bond motifs is 1. The normalized spacial score (nSPS) is 14.0. The molecule has 0 saturated carbocycles. The van der Waals surface area contributed by atoms with Gasteiger partial charge in [0.1, 0.15) is 0 Å². The van der Waals surface area contributed by atoms with E-state index in [0.717, 1.165) is 31.8 Å². The Labute approximate surface area is 144 Å². The van der Waals surface area contributed by atoms with Gasteiger partial charge in [-0.1, -0.05) is 6.07 Å². The summed E-state index contributed by atoms with van der Waals surface area (Å²) in [6.07, 6.45) is 0.926. The summed E-state index contributed by atoms with van der Waals surface area (Å²) in [6, 6.07) is 5.79. The van der Waals surface area contributed by atoms with E-state index < -0.39 is 10.2 Å². The van der Waals surface area contributed by atoms with Gasteiger partial charge >= 0.3 is 0 Å². The average Bonchev–Trinajstić information content (AvgIpc) is 3.11. The number of anilines is 1. The first-order valence-electron chi connectivity index (χ1n) is 7.40. The maximum atomic E-state index is 11.6. The highest BCUT2D eigenvalue weighted by atomic mass is 32.2.